The highest BCUT2D eigenvalue weighted by Gasteiger charge is 2.20. The van der Waals surface area contributed by atoms with Gasteiger partial charge in [0.05, 0.1) is 7.11 Å². The third-order valence-corrected chi connectivity index (χ3v) is 3.99. The number of rotatable bonds is 10. The highest BCUT2D eigenvalue weighted by molar-refractivity contribution is 5.33. The van der Waals surface area contributed by atoms with Crippen molar-refractivity contribution < 1.29 is 4.74 Å². The van der Waals surface area contributed by atoms with Crippen LogP contribution in [-0.4, -0.2) is 19.7 Å². The van der Waals surface area contributed by atoms with Crippen molar-refractivity contribution in [3.63, 3.8) is 0 Å². The molecule has 20 heavy (non-hydrogen) atoms. The molecule has 0 saturated heterocycles. The summed E-state index contributed by atoms with van der Waals surface area (Å²) < 4.78 is 5.50. The first kappa shape index (κ1) is 17.0. The van der Waals surface area contributed by atoms with Gasteiger partial charge in [0.1, 0.15) is 5.75 Å². The zero-order valence-electron chi connectivity index (χ0n) is 13.6. The van der Waals surface area contributed by atoms with Crippen molar-refractivity contribution in [3.05, 3.63) is 29.8 Å². The van der Waals surface area contributed by atoms with Crippen molar-refractivity contribution >= 4 is 0 Å². The molecule has 2 nitrogen and oxygen atoms in total. The fourth-order valence-electron chi connectivity index (χ4n) is 3.06. The van der Waals surface area contributed by atoms with E-state index in [4.69, 9.17) is 4.74 Å². The first-order valence-electron chi connectivity index (χ1n) is 8.11. The van der Waals surface area contributed by atoms with Gasteiger partial charge in [-0.2, -0.15) is 0 Å². The molecule has 2 heteroatoms. The van der Waals surface area contributed by atoms with Crippen molar-refractivity contribution in [1.29, 1.82) is 0 Å². The number of benzene rings is 1. The number of hydrogen-bond acceptors (Lipinski definition) is 2. The summed E-state index contributed by atoms with van der Waals surface area (Å²) >= 11 is 0. The van der Waals surface area contributed by atoms with Gasteiger partial charge in [0.25, 0.3) is 0 Å². The van der Waals surface area contributed by atoms with E-state index in [-0.39, 0.29) is 0 Å². The summed E-state index contributed by atoms with van der Waals surface area (Å²) in [6.45, 7) is 7.80. The van der Waals surface area contributed by atoms with E-state index in [9.17, 15) is 0 Å². The summed E-state index contributed by atoms with van der Waals surface area (Å²) in [5, 5.41) is 3.70. The lowest BCUT2D eigenvalue weighted by molar-refractivity contribution is 0.309. The fraction of sp³-hybridized carbons (Fsp3) is 0.667. The van der Waals surface area contributed by atoms with Crippen molar-refractivity contribution in [3.8, 4) is 5.75 Å². The van der Waals surface area contributed by atoms with E-state index < -0.39 is 0 Å². The molecule has 0 aliphatic heterocycles. The van der Waals surface area contributed by atoms with Crippen molar-refractivity contribution in [2.24, 2.45) is 5.92 Å². The Morgan fingerprint density at radius 3 is 2.25 bits per heavy atom. The third-order valence-electron chi connectivity index (χ3n) is 3.99. The number of para-hydroxylation sites is 1. The van der Waals surface area contributed by atoms with E-state index in [1.165, 1.54) is 31.2 Å². The van der Waals surface area contributed by atoms with Gasteiger partial charge in [-0.3, -0.25) is 0 Å². The molecule has 0 heterocycles. The molecule has 0 spiro atoms. The zero-order chi connectivity index (χ0) is 14.8. The molecular formula is C18H31NO. The van der Waals surface area contributed by atoms with E-state index in [0.717, 1.165) is 24.6 Å². The summed E-state index contributed by atoms with van der Waals surface area (Å²) in [4.78, 5) is 0. The Bertz CT molecular complexity index is 358. The number of hydrogen-bond donors (Lipinski definition) is 1. The first-order chi connectivity index (χ1) is 9.76. The lowest BCUT2D eigenvalue weighted by atomic mass is 9.86. The highest BCUT2D eigenvalue weighted by atomic mass is 16.5. The molecule has 0 amide bonds. The van der Waals surface area contributed by atoms with Gasteiger partial charge in [-0.1, -0.05) is 51.8 Å². The normalized spacial score (nSPS) is 12.7. The number of likely N-dealkylation sites (N-methyl/N-ethyl adjacent to an activating group) is 1. The van der Waals surface area contributed by atoms with E-state index in [2.05, 4.69) is 44.3 Å². The molecule has 1 unspecified atom stereocenters. The monoisotopic (exact) mass is 277 g/mol. The lowest BCUT2D eigenvalue weighted by Crippen LogP contribution is -2.38. The minimum Gasteiger partial charge on any atom is -0.496 e. The minimum absolute atomic E-state index is 0.552. The Kier molecular flexibility index (Phi) is 8.36. The van der Waals surface area contributed by atoms with Crippen molar-refractivity contribution in [2.75, 3.05) is 13.7 Å². The number of ether oxygens (including phenoxy) is 1. The maximum absolute atomic E-state index is 5.50. The third kappa shape index (κ3) is 5.16. The molecule has 1 aromatic carbocycles. The van der Waals surface area contributed by atoms with E-state index in [1.807, 2.05) is 6.07 Å². The van der Waals surface area contributed by atoms with Gasteiger partial charge in [-0.15, -0.1) is 0 Å². The molecule has 0 aliphatic carbocycles. The van der Waals surface area contributed by atoms with Crippen LogP contribution in [0, 0.1) is 5.92 Å². The SMILES string of the molecule is CCCC(CCC)C(Cc1ccccc1OC)NCC. The molecule has 1 atom stereocenters. The van der Waals surface area contributed by atoms with Gasteiger partial charge < -0.3 is 10.1 Å². The molecule has 0 aliphatic rings. The van der Waals surface area contributed by atoms with Gasteiger partial charge >= 0.3 is 0 Å². The van der Waals surface area contributed by atoms with E-state index in [0.29, 0.717) is 6.04 Å². The molecule has 114 valence electrons. The highest BCUT2D eigenvalue weighted by Crippen LogP contribution is 2.25. The second kappa shape index (κ2) is 9.82. The predicted octanol–water partition coefficient (Wildman–Crippen LogP) is 4.43. The summed E-state index contributed by atoms with van der Waals surface area (Å²) in [6.07, 6.45) is 6.20. The van der Waals surface area contributed by atoms with Crippen LogP contribution in [0.25, 0.3) is 0 Å². The molecule has 0 fully saturated rings. The van der Waals surface area contributed by atoms with Crippen LogP contribution in [0.1, 0.15) is 52.0 Å². The van der Waals surface area contributed by atoms with Crippen LogP contribution < -0.4 is 10.1 Å². The second-order valence-electron chi connectivity index (χ2n) is 5.52. The Morgan fingerprint density at radius 1 is 1.05 bits per heavy atom. The Labute approximate surface area is 124 Å². The van der Waals surface area contributed by atoms with Gasteiger partial charge in [0, 0.05) is 6.04 Å². The molecular weight excluding hydrogens is 246 g/mol. The molecule has 0 bridgehead atoms. The van der Waals surface area contributed by atoms with Crippen LogP contribution in [0.4, 0.5) is 0 Å². The Morgan fingerprint density at radius 2 is 1.70 bits per heavy atom. The number of methoxy groups -OCH3 is 1. The lowest BCUT2D eigenvalue weighted by Gasteiger charge is -2.28. The molecule has 0 saturated carbocycles. The Hall–Kier alpha value is -1.02. The van der Waals surface area contributed by atoms with Gasteiger partial charge in [0.2, 0.25) is 0 Å². The summed E-state index contributed by atoms with van der Waals surface area (Å²) in [7, 11) is 1.76. The standard InChI is InChI=1S/C18H31NO/c1-5-10-15(11-6-2)17(19-7-3)14-16-12-8-9-13-18(16)20-4/h8-9,12-13,15,17,19H,5-7,10-11,14H2,1-4H3. The van der Waals surface area contributed by atoms with Crippen LogP contribution in [0.5, 0.6) is 5.75 Å². The van der Waals surface area contributed by atoms with E-state index >= 15 is 0 Å². The van der Waals surface area contributed by atoms with Crippen LogP contribution in [-0.2, 0) is 6.42 Å². The van der Waals surface area contributed by atoms with Crippen LogP contribution >= 0.6 is 0 Å². The van der Waals surface area contributed by atoms with Crippen LogP contribution in [0.3, 0.4) is 0 Å². The summed E-state index contributed by atoms with van der Waals surface area (Å²) in [6, 6.07) is 8.96. The largest absolute Gasteiger partial charge is 0.496 e. The van der Waals surface area contributed by atoms with Crippen molar-refractivity contribution in [1.82, 2.24) is 5.32 Å². The second-order valence-corrected chi connectivity index (χ2v) is 5.52. The maximum atomic E-state index is 5.50. The zero-order valence-corrected chi connectivity index (χ0v) is 13.6. The minimum atomic E-state index is 0.552. The van der Waals surface area contributed by atoms with Crippen LogP contribution in [0.15, 0.2) is 24.3 Å². The topological polar surface area (TPSA) is 21.3 Å². The molecule has 1 aromatic rings. The molecule has 0 radical (unpaired) electrons. The summed E-state index contributed by atoms with van der Waals surface area (Å²) in [5.41, 5.74) is 1.32. The smallest absolute Gasteiger partial charge is 0.122 e. The number of nitrogens with one attached hydrogen (secondary N) is 1. The maximum Gasteiger partial charge on any atom is 0.122 e. The predicted molar refractivity (Wildman–Crippen MR) is 87.5 cm³/mol. The fourth-order valence-corrected chi connectivity index (χ4v) is 3.06. The van der Waals surface area contributed by atoms with E-state index in [1.54, 1.807) is 7.11 Å². The molecule has 0 aromatic heterocycles. The van der Waals surface area contributed by atoms with Gasteiger partial charge in [0.15, 0.2) is 0 Å². The van der Waals surface area contributed by atoms with Crippen molar-refractivity contribution in [2.45, 2.75) is 58.9 Å². The first-order valence-corrected chi connectivity index (χ1v) is 8.11. The summed E-state index contributed by atoms with van der Waals surface area (Å²) in [5.74, 6) is 1.78. The van der Waals surface area contributed by atoms with Gasteiger partial charge in [-0.25, -0.2) is 0 Å². The molecule has 1 N–H and O–H groups in total. The quantitative estimate of drug-likeness (QED) is 0.683. The molecule has 1 rings (SSSR count). The average molecular weight is 277 g/mol. The Balaban J connectivity index is 2.83. The van der Waals surface area contributed by atoms with Gasteiger partial charge in [-0.05, 0) is 43.4 Å². The van der Waals surface area contributed by atoms with Crippen LogP contribution in [0.2, 0.25) is 0 Å². The average Bonchev–Trinajstić information content (AvgIpc) is 2.47.